The van der Waals surface area contributed by atoms with Gasteiger partial charge in [0.25, 0.3) is 0 Å². The molecule has 0 N–H and O–H groups in total. The zero-order valence-electron chi connectivity index (χ0n) is 5.65. The van der Waals surface area contributed by atoms with Gasteiger partial charge in [-0.1, -0.05) is 15.9 Å². The maximum absolute atomic E-state index is 3.41. The standard InChI is InChI=1S/C5H13BrP.BrH/c1-7(2,3)5-4-6;/h4-5H2,1-3H3;1H/q+1;. The molecule has 8 heavy (non-hydrogen) atoms. The van der Waals surface area contributed by atoms with Gasteiger partial charge in [0.05, 0.1) is 6.16 Å². The third-order valence-electron chi connectivity index (χ3n) is 0.755. The molecular formula is C5H14Br2P+. The van der Waals surface area contributed by atoms with Crippen molar-refractivity contribution in [2.24, 2.45) is 0 Å². The molecule has 0 rings (SSSR count). The van der Waals surface area contributed by atoms with Gasteiger partial charge >= 0.3 is 0 Å². The van der Waals surface area contributed by atoms with Crippen LogP contribution in [0.5, 0.6) is 0 Å². The van der Waals surface area contributed by atoms with Crippen LogP contribution in [0.2, 0.25) is 0 Å². The number of alkyl halides is 1. The average Bonchev–Trinajstić information content (AvgIpc) is 1.30. The molecule has 0 saturated carbocycles. The Hall–Kier alpha value is 1.39. The Bertz CT molecular complexity index is 48.9. The number of hydrogen-bond donors (Lipinski definition) is 0. The van der Waals surface area contributed by atoms with Crippen LogP contribution in [0, 0.1) is 0 Å². The van der Waals surface area contributed by atoms with Crippen molar-refractivity contribution in [3.63, 3.8) is 0 Å². The Morgan fingerprint density at radius 2 is 1.62 bits per heavy atom. The first-order valence-electron chi connectivity index (χ1n) is 2.43. The van der Waals surface area contributed by atoms with Crippen molar-refractivity contribution in [2.75, 3.05) is 31.5 Å². The van der Waals surface area contributed by atoms with Crippen molar-refractivity contribution in [2.45, 2.75) is 0 Å². The minimum atomic E-state index is -0.463. The lowest BCUT2D eigenvalue weighted by molar-refractivity contribution is 1.51. The van der Waals surface area contributed by atoms with Gasteiger partial charge in [0.1, 0.15) is 0 Å². The van der Waals surface area contributed by atoms with Crippen LogP contribution in [0.3, 0.4) is 0 Å². The Kier molecular flexibility index (Phi) is 7.86. The van der Waals surface area contributed by atoms with Crippen LogP contribution in [0.1, 0.15) is 0 Å². The summed E-state index contributed by atoms with van der Waals surface area (Å²) in [6.07, 6.45) is 1.37. The molecule has 0 heterocycles. The zero-order chi connectivity index (χ0) is 5.91. The second-order valence-corrected chi connectivity index (χ2v) is 8.52. The van der Waals surface area contributed by atoms with Crippen LogP contribution in [-0.4, -0.2) is 31.5 Å². The molecule has 0 aromatic carbocycles. The molecule has 0 aliphatic rings. The molecule has 52 valence electrons. The summed E-state index contributed by atoms with van der Waals surface area (Å²) in [5.41, 5.74) is 0. The fourth-order valence-corrected chi connectivity index (χ4v) is 3.95. The molecule has 0 fully saturated rings. The van der Waals surface area contributed by atoms with E-state index in [-0.39, 0.29) is 17.0 Å². The molecule has 0 aromatic heterocycles. The largest absolute Gasteiger partial charge is 0.114 e. The zero-order valence-corrected chi connectivity index (χ0v) is 9.84. The highest BCUT2D eigenvalue weighted by Gasteiger charge is 2.14. The van der Waals surface area contributed by atoms with Crippen molar-refractivity contribution in [1.29, 1.82) is 0 Å². The van der Waals surface area contributed by atoms with Gasteiger partial charge in [0, 0.05) is 32.6 Å². The molecule has 0 radical (unpaired) electrons. The molecule has 0 aliphatic carbocycles. The smallest absolute Gasteiger partial charge is 0.0683 e. The third kappa shape index (κ3) is 10.4. The predicted molar refractivity (Wildman–Crippen MR) is 53.7 cm³/mol. The van der Waals surface area contributed by atoms with Crippen molar-refractivity contribution in [1.82, 2.24) is 0 Å². The molecule has 0 aromatic rings. The number of hydrogen-bond acceptors (Lipinski definition) is 0. The Labute approximate surface area is 71.7 Å². The van der Waals surface area contributed by atoms with Crippen molar-refractivity contribution in [3.05, 3.63) is 0 Å². The maximum atomic E-state index is 3.41. The Morgan fingerprint density at radius 1 is 1.25 bits per heavy atom. The summed E-state index contributed by atoms with van der Waals surface area (Å²) in [6, 6.07) is 0. The van der Waals surface area contributed by atoms with Gasteiger partial charge in [-0.25, -0.2) is 0 Å². The van der Waals surface area contributed by atoms with E-state index in [1.807, 2.05) is 0 Å². The molecular weight excluding hydrogens is 251 g/mol. The highest BCUT2D eigenvalue weighted by molar-refractivity contribution is 9.09. The van der Waals surface area contributed by atoms with Crippen LogP contribution in [0.15, 0.2) is 0 Å². The molecule has 0 nitrogen and oxygen atoms in total. The average molecular weight is 265 g/mol. The molecule has 0 aliphatic heterocycles. The summed E-state index contributed by atoms with van der Waals surface area (Å²) in [6.45, 7) is 7.07. The van der Waals surface area contributed by atoms with Gasteiger partial charge in [0.15, 0.2) is 0 Å². The first kappa shape index (κ1) is 12.1. The van der Waals surface area contributed by atoms with Crippen LogP contribution < -0.4 is 0 Å². The molecule has 0 unspecified atom stereocenters. The van der Waals surface area contributed by atoms with Crippen LogP contribution in [-0.2, 0) is 0 Å². The lowest BCUT2D eigenvalue weighted by atomic mass is 11.0. The summed E-state index contributed by atoms with van der Waals surface area (Å²) in [5.74, 6) is 0. The summed E-state index contributed by atoms with van der Waals surface area (Å²) >= 11 is 3.41. The van der Waals surface area contributed by atoms with E-state index >= 15 is 0 Å². The van der Waals surface area contributed by atoms with E-state index in [0.29, 0.717) is 0 Å². The van der Waals surface area contributed by atoms with E-state index in [9.17, 15) is 0 Å². The van der Waals surface area contributed by atoms with Crippen molar-refractivity contribution < 1.29 is 0 Å². The lowest BCUT2D eigenvalue weighted by Crippen LogP contribution is -1.92. The molecule has 0 saturated heterocycles. The Morgan fingerprint density at radius 3 is 1.62 bits per heavy atom. The summed E-state index contributed by atoms with van der Waals surface area (Å²) in [7, 11) is -0.463. The van der Waals surface area contributed by atoms with Gasteiger partial charge in [0.2, 0.25) is 0 Å². The second-order valence-electron chi connectivity index (χ2n) is 2.70. The quantitative estimate of drug-likeness (QED) is 0.532. The highest BCUT2D eigenvalue weighted by Crippen LogP contribution is 2.45. The third-order valence-corrected chi connectivity index (χ3v) is 3.33. The minimum Gasteiger partial charge on any atom is -0.114 e. The van der Waals surface area contributed by atoms with Gasteiger partial charge in [-0.15, -0.1) is 17.0 Å². The maximum Gasteiger partial charge on any atom is 0.0683 e. The SMILES string of the molecule is Br.C[P+](C)(C)CCBr. The number of halogens is 2. The molecule has 3 heteroatoms. The lowest BCUT2D eigenvalue weighted by Gasteiger charge is -2.07. The van der Waals surface area contributed by atoms with E-state index in [2.05, 4.69) is 35.9 Å². The van der Waals surface area contributed by atoms with Crippen molar-refractivity contribution in [3.8, 4) is 0 Å². The fraction of sp³-hybridized carbons (Fsp3) is 1.00. The van der Waals surface area contributed by atoms with E-state index < -0.39 is 7.26 Å². The van der Waals surface area contributed by atoms with E-state index in [1.54, 1.807) is 0 Å². The van der Waals surface area contributed by atoms with Crippen LogP contribution in [0.25, 0.3) is 0 Å². The van der Waals surface area contributed by atoms with E-state index in [1.165, 1.54) is 11.5 Å². The first-order chi connectivity index (χ1) is 3.06. The second kappa shape index (κ2) is 5.20. The van der Waals surface area contributed by atoms with E-state index in [0.717, 1.165) is 0 Å². The van der Waals surface area contributed by atoms with Crippen LogP contribution in [0.4, 0.5) is 0 Å². The van der Waals surface area contributed by atoms with Crippen molar-refractivity contribution >= 4 is 40.2 Å². The van der Waals surface area contributed by atoms with Crippen LogP contribution >= 0.6 is 40.2 Å². The Balaban J connectivity index is 0. The van der Waals surface area contributed by atoms with Gasteiger partial charge < -0.3 is 0 Å². The van der Waals surface area contributed by atoms with E-state index in [4.69, 9.17) is 0 Å². The predicted octanol–water partition coefficient (Wildman–Crippen LogP) is 2.87. The summed E-state index contributed by atoms with van der Waals surface area (Å²) < 4.78 is 0. The minimum absolute atomic E-state index is 0. The monoisotopic (exact) mass is 263 g/mol. The topological polar surface area (TPSA) is 0 Å². The van der Waals surface area contributed by atoms with Gasteiger partial charge in [-0.2, -0.15) is 0 Å². The number of rotatable bonds is 2. The van der Waals surface area contributed by atoms with Gasteiger partial charge in [-0.05, 0) is 0 Å². The van der Waals surface area contributed by atoms with Gasteiger partial charge in [-0.3, -0.25) is 0 Å². The molecule has 0 spiro atoms. The first-order valence-corrected chi connectivity index (χ1v) is 6.86. The summed E-state index contributed by atoms with van der Waals surface area (Å²) in [5, 5.41) is 1.17. The normalized spacial score (nSPS) is 10.5. The highest BCUT2D eigenvalue weighted by atomic mass is 79.9. The molecule has 0 atom stereocenters. The fourth-order valence-electron chi connectivity index (χ4n) is 0.254. The molecule has 0 amide bonds. The molecule has 0 bridgehead atoms. The summed E-state index contributed by atoms with van der Waals surface area (Å²) in [4.78, 5) is 0.